The third-order valence-electron chi connectivity index (χ3n) is 6.06. The standard InChI is InChI=1S/C24H35N3O7/c1-13(2)19-16(11-15-9-7-14(8-10-15)5-3-4-6-18(25)29)23(27-26-19)34-24-22(32)21(31)20(30)17(12-28)33-24/h7-10,13,17,20-22,24,28,30-32H,3-6,11-12H2,1-2H3,(H2,25,29)(H,26,27)/t17-,20-,21+,22-,24+/m1/s1. The van der Waals surface area contributed by atoms with Crippen molar-refractivity contribution in [3.05, 3.63) is 46.6 Å². The molecular weight excluding hydrogens is 442 g/mol. The number of aromatic amines is 1. The molecule has 34 heavy (non-hydrogen) atoms. The molecule has 0 unspecified atom stereocenters. The van der Waals surface area contributed by atoms with Crippen molar-refractivity contribution in [1.82, 2.24) is 10.2 Å². The Hall–Kier alpha value is -2.50. The van der Waals surface area contributed by atoms with Crippen molar-refractivity contribution in [2.75, 3.05) is 6.61 Å². The largest absolute Gasteiger partial charge is 0.443 e. The lowest BCUT2D eigenvalue weighted by molar-refractivity contribution is -0.278. The van der Waals surface area contributed by atoms with Crippen molar-refractivity contribution in [1.29, 1.82) is 0 Å². The minimum atomic E-state index is -1.53. The van der Waals surface area contributed by atoms with Crippen molar-refractivity contribution in [3.8, 4) is 5.88 Å². The minimum absolute atomic E-state index is 0.124. The molecular formula is C24H35N3O7. The first-order valence-corrected chi connectivity index (χ1v) is 11.6. The lowest BCUT2D eigenvalue weighted by Crippen LogP contribution is -2.60. The number of aryl methyl sites for hydroxylation is 1. The van der Waals surface area contributed by atoms with E-state index in [1.807, 2.05) is 38.1 Å². The van der Waals surface area contributed by atoms with Crippen molar-refractivity contribution >= 4 is 5.91 Å². The molecule has 2 aromatic rings. The maximum Gasteiger partial charge on any atom is 0.238 e. The molecule has 3 rings (SSSR count). The summed E-state index contributed by atoms with van der Waals surface area (Å²) in [5, 5.41) is 47.0. The topological polar surface area (TPSA) is 171 Å². The van der Waals surface area contributed by atoms with E-state index in [1.54, 1.807) is 0 Å². The summed E-state index contributed by atoms with van der Waals surface area (Å²) < 4.78 is 11.3. The summed E-state index contributed by atoms with van der Waals surface area (Å²) in [6, 6.07) is 8.15. The van der Waals surface area contributed by atoms with Crippen LogP contribution < -0.4 is 10.5 Å². The predicted octanol–water partition coefficient (Wildman–Crippen LogP) is 0.501. The zero-order chi connectivity index (χ0) is 24.8. The number of hydrogen-bond donors (Lipinski definition) is 6. The van der Waals surface area contributed by atoms with E-state index in [0.717, 1.165) is 36.1 Å². The highest BCUT2D eigenvalue weighted by molar-refractivity contribution is 5.73. The summed E-state index contributed by atoms with van der Waals surface area (Å²) in [4.78, 5) is 10.9. The fourth-order valence-electron chi connectivity index (χ4n) is 4.04. The van der Waals surface area contributed by atoms with Crippen LogP contribution in [0.1, 0.15) is 61.4 Å². The molecule has 10 heteroatoms. The molecule has 1 aromatic heterocycles. The number of H-pyrrole nitrogens is 1. The van der Waals surface area contributed by atoms with Crippen LogP contribution in [0, 0.1) is 0 Å². The summed E-state index contributed by atoms with van der Waals surface area (Å²) in [6.45, 7) is 3.50. The molecule has 0 spiro atoms. The van der Waals surface area contributed by atoms with Crippen LogP contribution in [0.4, 0.5) is 0 Å². The Balaban J connectivity index is 1.72. The molecule has 1 aliphatic heterocycles. The first kappa shape index (κ1) is 26.1. The van der Waals surface area contributed by atoms with Gasteiger partial charge in [0.15, 0.2) is 0 Å². The number of hydrogen-bond acceptors (Lipinski definition) is 8. The molecule has 10 nitrogen and oxygen atoms in total. The Labute approximate surface area is 198 Å². The normalized spacial score (nSPS) is 25.0. The minimum Gasteiger partial charge on any atom is -0.443 e. The van der Waals surface area contributed by atoms with E-state index >= 15 is 0 Å². The number of ether oxygens (including phenoxy) is 2. The number of amides is 1. The van der Waals surface area contributed by atoms with Gasteiger partial charge in [-0.2, -0.15) is 0 Å². The predicted molar refractivity (Wildman–Crippen MR) is 123 cm³/mol. The molecule has 7 N–H and O–H groups in total. The Bertz CT molecular complexity index is 929. The monoisotopic (exact) mass is 477 g/mol. The summed E-state index contributed by atoms with van der Waals surface area (Å²) in [5.74, 6) is 0.0703. The molecule has 1 saturated heterocycles. The molecule has 0 aliphatic carbocycles. The van der Waals surface area contributed by atoms with Crippen LogP contribution in [0.5, 0.6) is 5.88 Å². The average molecular weight is 478 g/mol. The molecule has 1 aromatic carbocycles. The Morgan fingerprint density at radius 2 is 1.79 bits per heavy atom. The van der Waals surface area contributed by atoms with E-state index in [9.17, 15) is 25.2 Å². The molecule has 2 heterocycles. The fraction of sp³-hybridized carbons (Fsp3) is 0.583. The molecule has 188 valence electrons. The van der Waals surface area contributed by atoms with E-state index in [2.05, 4.69) is 10.2 Å². The first-order valence-electron chi connectivity index (χ1n) is 11.6. The van der Waals surface area contributed by atoms with Gasteiger partial charge >= 0.3 is 0 Å². The van der Waals surface area contributed by atoms with Gasteiger partial charge in [-0.1, -0.05) is 38.1 Å². The number of primary amides is 1. The van der Waals surface area contributed by atoms with Gasteiger partial charge in [-0.3, -0.25) is 9.89 Å². The van der Waals surface area contributed by atoms with Gasteiger partial charge in [0.1, 0.15) is 24.4 Å². The number of benzene rings is 1. The van der Waals surface area contributed by atoms with Gasteiger partial charge in [0, 0.05) is 24.1 Å². The molecule has 0 bridgehead atoms. The number of carbonyl (C=O) groups excluding carboxylic acids is 1. The number of nitrogens with two attached hydrogens (primary N) is 1. The van der Waals surface area contributed by atoms with Crippen LogP contribution >= 0.6 is 0 Å². The second-order valence-corrected chi connectivity index (χ2v) is 9.06. The summed E-state index contributed by atoms with van der Waals surface area (Å²) in [7, 11) is 0. The third-order valence-corrected chi connectivity index (χ3v) is 6.06. The number of aromatic nitrogens is 2. The van der Waals surface area contributed by atoms with Crippen LogP contribution in [0.15, 0.2) is 24.3 Å². The number of unbranched alkanes of at least 4 members (excludes halogenated alkanes) is 1. The van der Waals surface area contributed by atoms with Gasteiger partial charge in [-0.25, -0.2) is 0 Å². The molecule has 5 atom stereocenters. The molecule has 0 saturated carbocycles. The van der Waals surface area contributed by atoms with Crippen LogP contribution in [-0.4, -0.2) is 73.8 Å². The number of aliphatic hydroxyl groups excluding tert-OH is 4. The van der Waals surface area contributed by atoms with Crippen molar-refractivity contribution in [3.63, 3.8) is 0 Å². The fourth-order valence-corrected chi connectivity index (χ4v) is 4.04. The summed E-state index contributed by atoms with van der Waals surface area (Å²) in [6.07, 6.45) is -3.45. The molecule has 1 aliphatic rings. The van der Waals surface area contributed by atoms with E-state index in [0.29, 0.717) is 12.8 Å². The Kier molecular flexibility index (Phi) is 9.03. The van der Waals surface area contributed by atoms with E-state index < -0.39 is 37.3 Å². The third kappa shape index (κ3) is 6.34. The van der Waals surface area contributed by atoms with Crippen molar-refractivity contribution in [2.45, 2.75) is 82.6 Å². The van der Waals surface area contributed by atoms with Gasteiger partial charge in [0.05, 0.1) is 6.61 Å². The summed E-state index contributed by atoms with van der Waals surface area (Å²) in [5.41, 5.74) is 9.04. The van der Waals surface area contributed by atoms with Crippen LogP contribution in [0.3, 0.4) is 0 Å². The SMILES string of the molecule is CC(C)c1[nH]nc(O[C@@H]2O[C@H](CO)[C@@H](O)[C@H](O)[C@H]2O)c1Cc1ccc(CCCCC(N)=O)cc1. The van der Waals surface area contributed by atoms with Crippen molar-refractivity contribution < 1.29 is 34.7 Å². The number of nitrogens with zero attached hydrogens (tertiary/aromatic N) is 1. The number of nitrogens with one attached hydrogen (secondary N) is 1. The highest BCUT2D eigenvalue weighted by Crippen LogP contribution is 2.31. The second kappa shape index (κ2) is 11.8. The van der Waals surface area contributed by atoms with Gasteiger partial charge in [0.2, 0.25) is 18.1 Å². The smallest absolute Gasteiger partial charge is 0.238 e. The molecule has 1 amide bonds. The second-order valence-electron chi connectivity index (χ2n) is 9.06. The maximum atomic E-state index is 10.9. The van der Waals surface area contributed by atoms with E-state index in [-0.39, 0.29) is 17.7 Å². The van der Waals surface area contributed by atoms with E-state index in [1.165, 1.54) is 5.56 Å². The zero-order valence-electron chi connectivity index (χ0n) is 19.6. The van der Waals surface area contributed by atoms with Gasteiger partial charge < -0.3 is 35.6 Å². The quantitative estimate of drug-likeness (QED) is 0.254. The zero-order valence-corrected chi connectivity index (χ0v) is 19.6. The van der Waals surface area contributed by atoms with Crippen LogP contribution in [0.25, 0.3) is 0 Å². The first-order chi connectivity index (χ1) is 16.2. The average Bonchev–Trinajstić information content (AvgIpc) is 3.20. The van der Waals surface area contributed by atoms with Gasteiger partial charge in [-0.15, -0.1) is 5.10 Å². The lowest BCUT2D eigenvalue weighted by Gasteiger charge is -2.39. The number of carbonyl (C=O) groups is 1. The number of rotatable bonds is 11. The van der Waals surface area contributed by atoms with Crippen LogP contribution in [-0.2, 0) is 22.4 Å². The van der Waals surface area contributed by atoms with E-state index in [4.69, 9.17) is 15.2 Å². The van der Waals surface area contributed by atoms with Crippen LogP contribution in [0.2, 0.25) is 0 Å². The maximum absolute atomic E-state index is 10.9. The summed E-state index contributed by atoms with van der Waals surface area (Å²) >= 11 is 0. The van der Waals surface area contributed by atoms with Gasteiger partial charge in [0.25, 0.3) is 0 Å². The highest BCUT2D eigenvalue weighted by Gasteiger charge is 2.45. The highest BCUT2D eigenvalue weighted by atomic mass is 16.7. The Morgan fingerprint density at radius 1 is 1.12 bits per heavy atom. The van der Waals surface area contributed by atoms with Crippen molar-refractivity contribution in [2.24, 2.45) is 5.73 Å². The lowest BCUT2D eigenvalue weighted by atomic mass is 9.97. The number of aliphatic hydroxyl groups is 4. The Morgan fingerprint density at radius 3 is 2.41 bits per heavy atom. The molecule has 0 radical (unpaired) electrons. The molecule has 1 fully saturated rings. The van der Waals surface area contributed by atoms with Gasteiger partial charge in [-0.05, 0) is 36.3 Å².